The third kappa shape index (κ3) is 11.0. The van der Waals surface area contributed by atoms with Crippen molar-refractivity contribution in [2.75, 3.05) is 19.6 Å². The fraction of sp³-hybridized carbons (Fsp3) is 0.528. The largest absolute Gasteiger partial charge is 0.480 e. The molecule has 8 N–H and O–H groups in total. The van der Waals surface area contributed by atoms with E-state index in [1.54, 1.807) is 30.3 Å². The second-order valence-corrected chi connectivity index (χ2v) is 13.4. The monoisotopic (exact) mass is 693 g/mol. The molecule has 272 valence electrons. The number of nitrogens with zero attached hydrogens (tertiary/aromatic N) is 3. The minimum absolute atomic E-state index is 0.0174. The number of piperidine rings is 1. The van der Waals surface area contributed by atoms with E-state index in [-0.39, 0.29) is 57.5 Å². The molecule has 0 spiro atoms. The van der Waals surface area contributed by atoms with Crippen LogP contribution in [0.1, 0.15) is 63.5 Å². The number of amides is 4. The second-order valence-electron chi connectivity index (χ2n) is 13.4. The highest BCUT2D eigenvalue weighted by Gasteiger charge is 2.45. The summed E-state index contributed by atoms with van der Waals surface area (Å²) in [6, 6.07) is 12.6. The van der Waals surface area contributed by atoms with Crippen molar-refractivity contribution in [1.82, 2.24) is 15.1 Å². The van der Waals surface area contributed by atoms with Gasteiger partial charge in [0.25, 0.3) is 11.8 Å². The molecule has 1 aliphatic heterocycles. The number of rotatable bonds is 18. The summed E-state index contributed by atoms with van der Waals surface area (Å²) in [5.74, 6) is -4.40. The van der Waals surface area contributed by atoms with Gasteiger partial charge in [0.1, 0.15) is 17.6 Å². The van der Waals surface area contributed by atoms with Gasteiger partial charge in [0.05, 0.1) is 6.04 Å². The molecule has 4 atom stereocenters. The average Bonchev–Trinajstić information content (AvgIpc) is 3.10. The van der Waals surface area contributed by atoms with Crippen molar-refractivity contribution in [3.63, 3.8) is 0 Å². The van der Waals surface area contributed by atoms with Crippen LogP contribution in [0.2, 0.25) is 0 Å². The third-order valence-corrected chi connectivity index (χ3v) is 9.04. The molecule has 0 aliphatic carbocycles. The first kappa shape index (κ1) is 39.9. The highest BCUT2D eigenvalue weighted by Crippen LogP contribution is 2.25. The number of nitrogens with two attached hydrogens (primary N) is 3. The Morgan fingerprint density at radius 1 is 0.920 bits per heavy atom. The highest BCUT2D eigenvalue weighted by atomic mass is 16.4. The van der Waals surface area contributed by atoms with Gasteiger partial charge in [-0.1, -0.05) is 79.7 Å². The van der Waals surface area contributed by atoms with Crippen LogP contribution < -0.4 is 22.5 Å². The van der Waals surface area contributed by atoms with Gasteiger partial charge in [-0.3, -0.25) is 28.9 Å². The lowest BCUT2D eigenvalue weighted by molar-refractivity contribution is -0.159. The number of nitrogens with one attached hydrogen (secondary N) is 1. The zero-order valence-electron chi connectivity index (χ0n) is 28.9. The van der Waals surface area contributed by atoms with Gasteiger partial charge >= 0.3 is 5.97 Å². The Morgan fingerprint density at radius 2 is 1.48 bits per heavy atom. The Kier molecular flexibility index (Phi) is 15.2. The van der Waals surface area contributed by atoms with E-state index in [0.29, 0.717) is 24.9 Å². The molecule has 1 heterocycles. The molecule has 1 saturated heterocycles. The van der Waals surface area contributed by atoms with Crippen LogP contribution in [0, 0.1) is 10.8 Å². The molecule has 0 unspecified atom stereocenters. The SMILES string of the molecule is CC(C)C[C@@H](NC(=O)[C@H](N)Cc1ccccc1)C(=O)N(C(=O)[C@@H](Cc1ccccc1)N=O)[C@H](CCCCN)C(=O)N1CCC(N)(C(=O)O)CC1. The Balaban J connectivity index is 2.03. The Bertz CT molecular complexity index is 1450. The van der Waals surface area contributed by atoms with E-state index >= 15 is 0 Å². The topological polar surface area (TPSA) is 232 Å². The summed E-state index contributed by atoms with van der Waals surface area (Å²) in [5.41, 5.74) is 18.0. The van der Waals surface area contributed by atoms with Crippen molar-refractivity contribution in [2.45, 2.75) is 94.9 Å². The van der Waals surface area contributed by atoms with E-state index in [4.69, 9.17) is 17.2 Å². The number of likely N-dealkylation sites (tertiary alicyclic amines) is 1. The van der Waals surface area contributed by atoms with Gasteiger partial charge in [-0.2, -0.15) is 0 Å². The number of carbonyl (C=O) groups excluding carboxylic acids is 4. The van der Waals surface area contributed by atoms with Crippen LogP contribution in [0.3, 0.4) is 0 Å². The maximum Gasteiger partial charge on any atom is 0.323 e. The van der Waals surface area contributed by atoms with Crippen molar-refractivity contribution in [1.29, 1.82) is 0 Å². The van der Waals surface area contributed by atoms with Crippen LogP contribution in [0.25, 0.3) is 0 Å². The number of unbranched alkanes of at least 4 members (excludes halogenated alkanes) is 1. The number of aliphatic carboxylic acids is 1. The average molecular weight is 694 g/mol. The molecule has 3 rings (SSSR count). The summed E-state index contributed by atoms with van der Waals surface area (Å²) in [7, 11) is 0. The van der Waals surface area contributed by atoms with Gasteiger partial charge in [0, 0.05) is 19.5 Å². The molecule has 4 amide bonds. The first-order valence-corrected chi connectivity index (χ1v) is 17.2. The quantitative estimate of drug-likeness (QED) is 0.112. The number of carbonyl (C=O) groups is 5. The summed E-state index contributed by atoms with van der Waals surface area (Å²) in [6.45, 7) is 3.93. The molecule has 14 heteroatoms. The normalized spacial score (nSPS) is 16.5. The maximum absolute atomic E-state index is 14.7. The lowest BCUT2D eigenvalue weighted by atomic mass is 9.88. The van der Waals surface area contributed by atoms with E-state index in [0.717, 1.165) is 10.5 Å². The smallest absolute Gasteiger partial charge is 0.323 e. The molecular formula is C36H51N7O7. The van der Waals surface area contributed by atoms with Crippen LogP contribution >= 0.6 is 0 Å². The second kappa shape index (κ2) is 19.0. The van der Waals surface area contributed by atoms with Crippen molar-refractivity contribution in [2.24, 2.45) is 28.3 Å². The van der Waals surface area contributed by atoms with Gasteiger partial charge in [-0.05, 0) is 68.5 Å². The predicted octanol–water partition coefficient (Wildman–Crippen LogP) is 1.72. The number of hydrogen-bond donors (Lipinski definition) is 5. The third-order valence-electron chi connectivity index (χ3n) is 9.04. The Morgan fingerprint density at radius 3 is 1.98 bits per heavy atom. The summed E-state index contributed by atoms with van der Waals surface area (Å²) in [4.78, 5) is 83.1. The number of benzene rings is 2. The van der Waals surface area contributed by atoms with E-state index in [9.17, 15) is 34.0 Å². The van der Waals surface area contributed by atoms with E-state index in [1.807, 2.05) is 44.2 Å². The lowest BCUT2D eigenvalue weighted by Gasteiger charge is -2.40. The van der Waals surface area contributed by atoms with Crippen LogP contribution in [0.15, 0.2) is 65.8 Å². The molecule has 1 aliphatic rings. The van der Waals surface area contributed by atoms with Crippen molar-refractivity contribution in [3.05, 3.63) is 76.7 Å². The molecule has 2 aromatic rings. The molecule has 0 radical (unpaired) electrons. The van der Waals surface area contributed by atoms with Crippen LogP contribution in [-0.4, -0.2) is 93.8 Å². The minimum atomic E-state index is -1.56. The van der Waals surface area contributed by atoms with Crippen LogP contribution in [0.5, 0.6) is 0 Å². The van der Waals surface area contributed by atoms with E-state index in [1.165, 1.54) is 4.90 Å². The van der Waals surface area contributed by atoms with Gasteiger partial charge < -0.3 is 32.5 Å². The van der Waals surface area contributed by atoms with Crippen molar-refractivity contribution in [3.8, 4) is 0 Å². The first-order chi connectivity index (χ1) is 23.8. The summed E-state index contributed by atoms with van der Waals surface area (Å²) in [5, 5.41) is 15.5. The molecular weight excluding hydrogens is 642 g/mol. The Hall–Kier alpha value is -4.53. The number of hydrogen-bond acceptors (Lipinski definition) is 10. The summed E-state index contributed by atoms with van der Waals surface area (Å²) in [6.07, 6.45) is 0.944. The van der Waals surface area contributed by atoms with Crippen molar-refractivity contribution >= 4 is 29.6 Å². The minimum Gasteiger partial charge on any atom is -0.480 e. The van der Waals surface area contributed by atoms with Gasteiger partial charge in [0.15, 0.2) is 6.04 Å². The number of carboxylic acid groups (broad SMARTS) is 1. The number of carboxylic acids is 1. The van der Waals surface area contributed by atoms with Gasteiger partial charge in [0.2, 0.25) is 11.8 Å². The predicted molar refractivity (Wildman–Crippen MR) is 188 cm³/mol. The molecule has 1 fully saturated rings. The van der Waals surface area contributed by atoms with E-state index in [2.05, 4.69) is 10.5 Å². The zero-order valence-corrected chi connectivity index (χ0v) is 28.9. The maximum atomic E-state index is 14.7. The fourth-order valence-corrected chi connectivity index (χ4v) is 6.08. The summed E-state index contributed by atoms with van der Waals surface area (Å²) < 4.78 is 0. The number of nitroso groups, excluding NO2 is 1. The fourth-order valence-electron chi connectivity index (χ4n) is 6.08. The molecule has 14 nitrogen and oxygen atoms in total. The standard InChI is InChI=1S/C36H51N7O7/c1-24(2)21-28(40-31(44)27(38)22-25-11-5-3-6-12-25)32(45)43(33(46)29(41-50)23-26-13-7-4-8-14-26)30(15-9-10-18-37)34(47)42-19-16-36(39,17-20-42)35(48)49/h3-8,11-14,24,27-30H,9-10,15-23,37-39H2,1-2H3,(H,40,44)(H,48,49)/t27-,28-,29-,30-/m1/s1. The van der Waals surface area contributed by atoms with E-state index < -0.39 is 59.3 Å². The van der Waals surface area contributed by atoms with Crippen LogP contribution in [-0.2, 0) is 36.8 Å². The van der Waals surface area contributed by atoms with Crippen molar-refractivity contribution < 1.29 is 29.1 Å². The first-order valence-electron chi connectivity index (χ1n) is 17.2. The Labute approximate surface area is 293 Å². The zero-order chi connectivity index (χ0) is 36.8. The molecule has 0 bridgehead atoms. The van der Waals surface area contributed by atoms with Gasteiger partial charge in [-0.25, -0.2) is 0 Å². The molecule has 0 aromatic heterocycles. The highest BCUT2D eigenvalue weighted by molar-refractivity contribution is 6.05. The molecule has 50 heavy (non-hydrogen) atoms. The molecule has 2 aromatic carbocycles. The van der Waals surface area contributed by atoms with Crippen LogP contribution in [0.4, 0.5) is 0 Å². The summed E-state index contributed by atoms with van der Waals surface area (Å²) >= 11 is 0. The lowest BCUT2D eigenvalue weighted by Crippen LogP contribution is -2.63. The number of imide groups is 1. The molecule has 0 saturated carbocycles. The van der Waals surface area contributed by atoms with Gasteiger partial charge in [-0.15, -0.1) is 4.91 Å².